The molecule has 2 aromatic carbocycles. The number of amides is 2. The Balaban J connectivity index is 2.09. The van der Waals surface area contributed by atoms with Crippen LogP contribution in [0, 0.1) is 18.6 Å². The molecule has 2 amide bonds. The van der Waals surface area contributed by atoms with Gasteiger partial charge in [-0.25, -0.2) is 8.78 Å². The molecular weight excluding hydrogens is 350 g/mol. The van der Waals surface area contributed by atoms with Crippen molar-refractivity contribution in [2.24, 2.45) is 0 Å². The number of halogens is 3. The fraction of sp³-hybridized carbons (Fsp3) is 0.222. The van der Waals surface area contributed by atoms with Gasteiger partial charge in [-0.15, -0.1) is 0 Å². The number of nitrogens with zero attached hydrogens (tertiary/aromatic N) is 1. The smallest absolute Gasteiger partial charge is 0.226 e. The van der Waals surface area contributed by atoms with Gasteiger partial charge in [0.25, 0.3) is 0 Å². The van der Waals surface area contributed by atoms with Gasteiger partial charge in [0.1, 0.15) is 17.3 Å². The molecule has 0 aliphatic heterocycles. The largest absolute Gasteiger partial charge is 0.326 e. The summed E-state index contributed by atoms with van der Waals surface area (Å²) in [5, 5.41) is 3.24. The number of nitrogens with one attached hydrogen (secondary N) is 1. The van der Waals surface area contributed by atoms with Crippen LogP contribution in [-0.2, 0) is 9.59 Å². The number of anilines is 2. The number of hydrogen-bond donors (Lipinski definition) is 1. The maximum atomic E-state index is 13.9. The Kier molecular flexibility index (Phi) is 6.09. The Hall–Kier alpha value is -2.47. The second kappa shape index (κ2) is 8.07. The third kappa shape index (κ3) is 4.76. The molecule has 2 aromatic rings. The molecule has 0 unspecified atom stereocenters. The van der Waals surface area contributed by atoms with Crippen molar-refractivity contribution in [3.63, 3.8) is 0 Å². The second-order valence-corrected chi connectivity index (χ2v) is 5.93. The highest BCUT2D eigenvalue weighted by Gasteiger charge is 2.21. The van der Waals surface area contributed by atoms with Gasteiger partial charge in [0.15, 0.2) is 0 Å². The molecule has 4 nitrogen and oxygen atoms in total. The molecule has 0 bridgehead atoms. The lowest BCUT2D eigenvalue weighted by atomic mass is 10.2. The minimum absolute atomic E-state index is 0.116. The topological polar surface area (TPSA) is 49.4 Å². The van der Waals surface area contributed by atoms with Crippen molar-refractivity contribution >= 4 is 34.8 Å². The minimum Gasteiger partial charge on any atom is -0.326 e. The molecule has 0 radical (unpaired) electrons. The van der Waals surface area contributed by atoms with E-state index in [1.807, 2.05) is 0 Å². The van der Waals surface area contributed by atoms with Crippen molar-refractivity contribution in [2.75, 3.05) is 16.8 Å². The summed E-state index contributed by atoms with van der Waals surface area (Å²) in [6, 6.07) is 8.34. The Morgan fingerprint density at radius 3 is 2.36 bits per heavy atom. The molecule has 132 valence electrons. The highest BCUT2D eigenvalue weighted by Crippen LogP contribution is 2.24. The number of aryl methyl sites for hydroxylation is 1. The molecule has 2 rings (SSSR count). The van der Waals surface area contributed by atoms with Crippen LogP contribution in [0.3, 0.4) is 0 Å². The summed E-state index contributed by atoms with van der Waals surface area (Å²) in [5.74, 6) is -2.65. The standard InChI is InChI=1S/C18H17ClF2N2O2/c1-11-10-13(19)6-7-16(11)22-17(25)8-9-23(12(2)24)18-14(20)4-3-5-15(18)21/h3-7,10H,8-9H2,1-2H3,(H,22,25). The lowest BCUT2D eigenvalue weighted by molar-refractivity contribution is -0.117. The van der Waals surface area contributed by atoms with Crippen LogP contribution in [0.25, 0.3) is 0 Å². The zero-order valence-electron chi connectivity index (χ0n) is 13.8. The van der Waals surface area contributed by atoms with Gasteiger partial charge < -0.3 is 10.2 Å². The zero-order valence-corrected chi connectivity index (χ0v) is 14.5. The van der Waals surface area contributed by atoms with E-state index in [-0.39, 0.29) is 18.9 Å². The van der Waals surface area contributed by atoms with Crippen LogP contribution in [-0.4, -0.2) is 18.4 Å². The van der Waals surface area contributed by atoms with E-state index in [1.165, 1.54) is 13.0 Å². The number of rotatable bonds is 5. The maximum Gasteiger partial charge on any atom is 0.226 e. The zero-order chi connectivity index (χ0) is 18.6. The molecule has 0 saturated heterocycles. The molecule has 0 atom stereocenters. The summed E-state index contributed by atoms with van der Waals surface area (Å²) in [6.45, 7) is 2.83. The van der Waals surface area contributed by atoms with E-state index in [1.54, 1.807) is 25.1 Å². The van der Waals surface area contributed by atoms with Gasteiger partial charge >= 0.3 is 0 Å². The number of hydrogen-bond acceptors (Lipinski definition) is 2. The molecule has 0 saturated carbocycles. The van der Waals surface area contributed by atoms with Crippen LogP contribution >= 0.6 is 11.6 Å². The number of para-hydroxylation sites is 1. The molecular formula is C18H17ClF2N2O2. The van der Waals surface area contributed by atoms with E-state index in [0.29, 0.717) is 10.7 Å². The Labute approximate surface area is 149 Å². The van der Waals surface area contributed by atoms with Crippen molar-refractivity contribution in [2.45, 2.75) is 20.3 Å². The van der Waals surface area contributed by atoms with Gasteiger partial charge in [-0.2, -0.15) is 0 Å². The summed E-state index contributed by atoms with van der Waals surface area (Å²) in [5.41, 5.74) is 0.913. The van der Waals surface area contributed by atoms with Crippen LogP contribution in [0.1, 0.15) is 18.9 Å². The van der Waals surface area contributed by atoms with Crippen LogP contribution in [0.4, 0.5) is 20.2 Å². The highest BCUT2D eigenvalue weighted by molar-refractivity contribution is 6.30. The molecule has 25 heavy (non-hydrogen) atoms. The fourth-order valence-corrected chi connectivity index (χ4v) is 2.59. The van der Waals surface area contributed by atoms with Gasteiger partial charge in [0.2, 0.25) is 11.8 Å². The Morgan fingerprint density at radius 1 is 1.16 bits per heavy atom. The van der Waals surface area contributed by atoms with Gasteiger partial charge in [-0.3, -0.25) is 9.59 Å². The first-order chi connectivity index (χ1) is 11.8. The Bertz CT molecular complexity index is 791. The highest BCUT2D eigenvalue weighted by atomic mass is 35.5. The molecule has 1 N–H and O–H groups in total. The van der Waals surface area contributed by atoms with E-state index in [0.717, 1.165) is 22.6 Å². The summed E-state index contributed by atoms with van der Waals surface area (Å²) < 4.78 is 27.8. The lowest BCUT2D eigenvalue weighted by Gasteiger charge is -2.22. The van der Waals surface area contributed by atoms with E-state index >= 15 is 0 Å². The number of carbonyl (C=O) groups is 2. The van der Waals surface area contributed by atoms with Crippen molar-refractivity contribution < 1.29 is 18.4 Å². The average molecular weight is 367 g/mol. The molecule has 0 spiro atoms. The van der Waals surface area contributed by atoms with Gasteiger partial charge in [0, 0.05) is 30.6 Å². The monoisotopic (exact) mass is 366 g/mol. The van der Waals surface area contributed by atoms with E-state index in [4.69, 9.17) is 11.6 Å². The summed E-state index contributed by atoms with van der Waals surface area (Å²) >= 11 is 5.86. The third-order valence-corrected chi connectivity index (χ3v) is 3.85. The van der Waals surface area contributed by atoms with Crippen molar-refractivity contribution in [1.29, 1.82) is 0 Å². The SMILES string of the molecule is CC(=O)N(CCC(=O)Nc1ccc(Cl)cc1C)c1c(F)cccc1F. The first kappa shape index (κ1) is 18.9. The molecule has 7 heteroatoms. The average Bonchev–Trinajstić information content (AvgIpc) is 2.52. The van der Waals surface area contributed by atoms with Gasteiger partial charge in [-0.1, -0.05) is 17.7 Å². The molecule has 0 fully saturated rings. The quantitative estimate of drug-likeness (QED) is 0.857. The summed E-state index contributed by atoms with van der Waals surface area (Å²) in [4.78, 5) is 24.8. The number of carbonyl (C=O) groups excluding carboxylic acids is 2. The first-order valence-corrected chi connectivity index (χ1v) is 7.95. The van der Waals surface area contributed by atoms with E-state index < -0.39 is 23.2 Å². The Morgan fingerprint density at radius 2 is 1.80 bits per heavy atom. The van der Waals surface area contributed by atoms with Crippen LogP contribution in [0.2, 0.25) is 5.02 Å². The summed E-state index contributed by atoms with van der Waals surface area (Å²) in [7, 11) is 0. The van der Waals surface area contributed by atoms with E-state index in [2.05, 4.69) is 5.32 Å². The third-order valence-electron chi connectivity index (χ3n) is 3.61. The van der Waals surface area contributed by atoms with Crippen molar-refractivity contribution in [1.82, 2.24) is 0 Å². The predicted molar refractivity (Wildman–Crippen MR) is 93.8 cm³/mol. The molecule has 0 aromatic heterocycles. The molecule has 0 aliphatic rings. The normalized spacial score (nSPS) is 10.4. The van der Waals surface area contributed by atoms with E-state index in [9.17, 15) is 18.4 Å². The summed E-state index contributed by atoms with van der Waals surface area (Å²) in [6.07, 6.45) is -0.116. The first-order valence-electron chi connectivity index (χ1n) is 7.57. The second-order valence-electron chi connectivity index (χ2n) is 5.50. The van der Waals surface area contributed by atoms with Crippen LogP contribution < -0.4 is 10.2 Å². The van der Waals surface area contributed by atoms with Crippen molar-refractivity contribution in [3.8, 4) is 0 Å². The van der Waals surface area contributed by atoms with Crippen molar-refractivity contribution in [3.05, 3.63) is 58.6 Å². The van der Waals surface area contributed by atoms with Crippen LogP contribution in [0.15, 0.2) is 36.4 Å². The van der Waals surface area contributed by atoms with Gasteiger partial charge in [0.05, 0.1) is 0 Å². The molecule has 0 heterocycles. The number of benzene rings is 2. The fourth-order valence-electron chi connectivity index (χ4n) is 2.37. The van der Waals surface area contributed by atoms with Gasteiger partial charge in [-0.05, 0) is 42.8 Å². The molecule has 0 aliphatic carbocycles. The maximum absolute atomic E-state index is 13.9. The minimum atomic E-state index is -0.857. The predicted octanol–water partition coefficient (Wildman–Crippen LogP) is 4.31. The van der Waals surface area contributed by atoms with Crippen LogP contribution in [0.5, 0.6) is 0 Å². The lowest BCUT2D eigenvalue weighted by Crippen LogP contribution is -2.33.